The van der Waals surface area contributed by atoms with Crippen LogP contribution in [0.5, 0.6) is 0 Å². The molecule has 0 spiro atoms. The van der Waals surface area contributed by atoms with Gasteiger partial charge in [0.15, 0.2) is 0 Å². The molecule has 2 heterocycles. The maximum Gasteiger partial charge on any atom is 0.123 e. The zero-order valence-electron chi connectivity index (χ0n) is 5.35. The molecule has 2 aliphatic rings. The topological polar surface area (TPSA) is 24.4 Å². The number of fused-ring (bicyclic) bond motifs is 1. The van der Waals surface area contributed by atoms with Gasteiger partial charge in [0.05, 0.1) is 0 Å². The number of amidine groups is 1. The Morgan fingerprint density at radius 2 is 2.56 bits per heavy atom. The second kappa shape index (κ2) is 1.87. The smallest absolute Gasteiger partial charge is 0.123 e. The van der Waals surface area contributed by atoms with E-state index in [0.717, 1.165) is 25.3 Å². The standard InChI is InChI=1S/C7H10N2/c1-2-6-3-5-9-7(6)8-4-1/h2H,1,3-5H2,(H,8,9). The monoisotopic (exact) mass is 122 g/mol. The minimum atomic E-state index is 0.978. The highest BCUT2D eigenvalue weighted by Gasteiger charge is 2.14. The fourth-order valence-electron chi connectivity index (χ4n) is 1.32. The first-order valence-corrected chi connectivity index (χ1v) is 3.44. The molecular weight excluding hydrogens is 112 g/mol. The lowest BCUT2D eigenvalue weighted by Gasteiger charge is -2.04. The third-order valence-electron chi connectivity index (χ3n) is 1.78. The van der Waals surface area contributed by atoms with Crippen molar-refractivity contribution in [3.8, 4) is 0 Å². The van der Waals surface area contributed by atoms with Crippen molar-refractivity contribution in [1.82, 2.24) is 5.32 Å². The maximum absolute atomic E-state index is 4.33. The molecule has 1 fully saturated rings. The Balaban J connectivity index is 2.30. The normalized spacial score (nSPS) is 24.0. The molecule has 0 aromatic heterocycles. The number of hydrogen-bond acceptors (Lipinski definition) is 2. The molecule has 0 radical (unpaired) electrons. The summed E-state index contributed by atoms with van der Waals surface area (Å²) in [5, 5.41) is 3.24. The molecule has 0 amide bonds. The average molecular weight is 122 g/mol. The Morgan fingerprint density at radius 3 is 3.44 bits per heavy atom. The van der Waals surface area contributed by atoms with Gasteiger partial charge in [0.2, 0.25) is 0 Å². The summed E-state index contributed by atoms with van der Waals surface area (Å²) in [6.45, 7) is 2.07. The number of aliphatic imine (C=N–C) groups is 1. The third-order valence-corrected chi connectivity index (χ3v) is 1.78. The van der Waals surface area contributed by atoms with Gasteiger partial charge in [-0.3, -0.25) is 4.99 Å². The van der Waals surface area contributed by atoms with Crippen molar-refractivity contribution < 1.29 is 0 Å². The van der Waals surface area contributed by atoms with Crippen LogP contribution in [0, 0.1) is 0 Å². The molecule has 1 saturated heterocycles. The van der Waals surface area contributed by atoms with Crippen molar-refractivity contribution in [3.63, 3.8) is 0 Å². The molecule has 2 nitrogen and oxygen atoms in total. The Kier molecular flexibility index (Phi) is 1.04. The summed E-state index contributed by atoms with van der Waals surface area (Å²) in [5.74, 6) is 1.15. The summed E-state index contributed by atoms with van der Waals surface area (Å²) in [7, 11) is 0. The summed E-state index contributed by atoms with van der Waals surface area (Å²) >= 11 is 0. The van der Waals surface area contributed by atoms with Crippen LogP contribution in [0.15, 0.2) is 16.6 Å². The van der Waals surface area contributed by atoms with Crippen molar-refractivity contribution in [2.24, 2.45) is 4.99 Å². The zero-order chi connectivity index (χ0) is 6.10. The molecule has 0 aromatic rings. The van der Waals surface area contributed by atoms with Gasteiger partial charge in [0.1, 0.15) is 5.84 Å². The highest BCUT2D eigenvalue weighted by atomic mass is 15.0. The van der Waals surface area contributed by atoms with E-state index in [2.05, 4.69) is 16.4 Å². The van der Waals surface area contributed by atoms with Crippen LogP contribution in [0.3, 0.4) is 0 Å². The van der Waals surface area contributed by atoms with E-state index in [1.807, 2.05) is 0 Å². The summed E-state index contributed by atoms with van der Waals surface area (Å²) in [6.07, 6.45) is 4.61. The van der Waals surface area contributed by atoms with Crippen LogP contribution >= 0.6 is 0 Å². The number of hydrogen-bond donors (Lipinski definition) is 1. The quantitative estimate of drug-likeness (QED) is 0.502. The van der Waals surface area contributed by atoms with E-state index >= 15 is 0 Å². The highest BCUT2D eigenvalue weighted by molar-refractivity contribution is 6.00. The predicted molar refractivity (Wildman–Crippen MR) is 37.6 cm³/mol. The van der Waals surface area contributed by atoms with Gasteiger partial charge in [0, 0.05) is 13.1 Å². The SMILES string of the molecule is C1=C2CCNC2=NCC1. The minimum absolute atomic E-state index is 0.978. The molecule has 2 aliphatic heterocycles. The van der Waals surface area contributed by atoms with Crippen molar-refractivity contribution in [3.05, 3.63) is 11.6 Å². The summed E-state index contributed by atoms with van der Waals surface area (Å²) in [5.41, 5.74) is 1.43. The maximum atomic E-state index is 4.33. The number of dihydropyridines is 1. The second-order valence-corrected chi connectivity index (χ2v) is 2.43. The van der Waals surface area contributed by atoms with Crippen molar-refractivity contribution in [1.29, 1.82) is 0 Å². The van der Waals surface area contributed by atoms with E-state index in [1.54, 1.807) is 0 Å². The molecule has 2 rings (SSSR count). The van der Waals surface area contributed by atoms with Crippen LogP contribution in [-0.4, -0.2) is 18.9 Å². The van der Waals surface area contributed by atoms with E-state index < -0.39 is 0 Å². The second-order valence-electron chi connectivity index (χ2n) is 2.43. The number of rotatable bonds is 0. The number of nitrogens with zero attached hydrogens (tertiary/aromatic N) is 1. The van der Waals surface area contributed by atoms with Crippen LogP contribution in [0.25, 0.3) is 0 Å². The van der Waals surface area contributed by atoms with E-state index in [4.69, 9.17) is 0 Å². The minimum Gasteiger partial charge on any atom is -0.370 e. The Hall–Kier alpha value is -0.790. The average Bonchev–Trinajstić information content (AvgIpc) is 2.33. The Bertz CT molecular complexity index is 159. The van der Waals surface area contributed by atoms with Gasteiger partial charge in [-0.1, -0.05) is 6.08 Å². The lowest BCUT2D eigenvalue weighted by molar-refractivity contribution is 0.951. The molecule has 1 N–H and O–H groups in total. The van der Waals surface area contributed by atoms with Crippen LogP contribution in [0.2, 0.25) is 0 Å². The van der Waals surface area contributed by atoms with E-state index in [0.29, 0.717) is 0 Å². The molecule has 0 aliphatic carbocycles. The van der Waals surface area contributed by atoms with E-state index in [-0.39, 0.29) is 0 Å². The van der Waals surface area contributed by atoms with Gasteiger partial charge in [0.25, 0.3) is 0 Å². The lowest BCUT2D eigenvalue weighted by atomic mass is 10.1. The molecular formula is C7H10N2. The van der Waals surface area contributed by atoms with Crippen molar-refractivity contribution >= 4 is 5.84 Å². The molecule has 0 aromatic carbocycles. The molecule has 9 heavy (non-hydrogen) atoms. The van der Waals surface area contributed by atoms with Crippen molar-refractivity contribution in [2.45, 2.75) is 12.8 Å². The fourth-order valence-corrected chi connectivity index (χ4v) is 1.32. The van der Waals surface area contributed by atoms with Crippen LogP contribution in [0.4, 0.5) is 0 Å². The van der Waals surface area contributed by atoms with Crippen molar-refractivity contribution in [2.75, 3.05) is 13.1 Å². The van der Waals surface area contributed by atoms with Gasteiger partial charge < -0.3 is 5.32 Å². The van der Waals surface area contributed by atoms with Gasteiger partial charge >= 0.3 is 0 Å². The van der Waals surface area contributed by atoms with Crippen LogP contribution in [-0.2, 0) is 0 Å². The van der Waals surface area contributed by atoms with Gasteiger partial charge in [-0.2, -0.15) is 0 Å². The first-order valence-electron chi connectivity index (χ1n) is 3.44. The predicted octanol–water partition coefficient (Wildman–Crippen LogP) is 0.708. The Morgan fingerprint density at radius 1 is 1.56 bits per heavy atom. The van der Waals surface area contributed by atoms with E-state index in [9.17, 15) is 0 Å². The summed E-state index contributed by atoms with van der Waals surface area (Å²) in [6, 6.07) is 0. The molecule has 0 saturated carbocycles. The third kappa shape index (κ3) is 0.745. The van der Waals surface area contributed by atoms with Gasteiger partial charge in [-0.05, 0) is 18.4 Å². The lowest BCUT2D eigenvalue weighted by Crippen LogP contribution is -2.17. The molecule has 0 atom stereocenters. The molecule has 0 unspecified atom stereocenters. The van der Waals surface area contributed by atoms with E-state index in [1.165, 1.54) is 12.0 Å². The van der Waals surface area contributed by atoms with Crippen LogP contribution in [0.1, 0.15) is 12.8 Å². The van der Waals surface area contributed by atoms with Gasteiger partial charge in [-0.15, -0.1) is 0 Å². The van der Waals surface area contributed by atoms with Gasteiger partial charge in [-0.25, -0.2) is 0 Å². The first-order chi connectivity index (χ1) is 4.47. The summed E-state index contributed by atoms with van der Waals surface area (Å²) in [4.78, 5) is 4.33. The summed E-state index contributed by atoms with van der Waals surface area (Å²) < 4.78 is 0. The van der Waals surface area contributed by atoms with Crippen LogP contribution < -0.4 is 5.32 Å². The molecule has 48 valence electrons. The first kappa shape index (κ1) is 5.03. The molecule has 0 bridgehead atoms. The zero-order valence-corrected chi connectivity index (χ0v) is 5.35. The fraction of sp³-hybridized carbons (Fsp3) is 0.571. The largest absolute Gasteiger partial charge is 0.370 e. The molecule has 2 heteroatoms. The highest BCUT2D eigenvalue weighted by Crippen LogP contribution is 2.13. The number of nitrogens with one attached hydrogen (secondary N) is 1. The Labute approximate surface area is 54.7 Å².